The Kier molecular flexibility index (Phi) is 5.76. The summed E-state index contributed by atoms with van der Waals surface area (Å²) < 4.78 is 32.0. The van der Waals surface area contributed by atoms with Crippen LogP contribution in [0.2, 0.25) is 0 Å². The number of pyridine rings is 1. The van der Waals surface area contributed by atoms with Crippen LogP contribution in [0, 0.1) is 12.8 Å². The Morgan fingerprint density at radius 2 is 2.00 bits per heavy atom. The number of anilines is 1. The number of hydrogen-bond donors (Lipinski definition) is 1. The van der Waals surface area contributed by atoms with Crippen LogP contribution in [0.25, 0.3) is 0 Å². The summed E-state index contributed by atoms with van der Waals surface area (Å²) in [6, 6.07) is 8.72. The molecule has 2 heterocycles. The van der Waals surface area contributed by atoms with Crippen molar-refractivity contribution in [3.63, 3.8) is 0 Å². The van der Waals surface area contributed by atoms with E-state index in [2.05, 4.69) is 10.3 Å². The molecule has 1 saturated heterocycles. The molecular weight excluding hydrogens is 366 g/mol. The van der Waals surface area contributed by atoms with Crippen LogP contribution in [-0.2, 0) is 14.8 Å². The third kappa shape index (κ3) is 4.28. The summed E-state index contributed by atoms with van der Waals surface area (Å²) >= 11 is 0. The standard InChI is InChI=1S/C19H23N3O4S/c1-14-5-6-18(26-2)17(12-14)21-19(23)15-7-10-22(11-8-15)27(24,25)16-4-3-9-20-13-16/h3-6,9,12-13,15H,7-8,10-11H2,1-2H3,(H,21,23). The van der Waals surface area contributed by atoms with Gasteiger partial charge in [0.2, 0.25) is 15.9 Å². The predicted octanol–water partition coefficient (Wildman–Crippen LogP) is 2.44. The Bertz CT molecular complexity index is 908. The van der Waals surface area contributed by atoms with Crippen LogP contribution in [0.1, 0.15) is 18.4 Å². The zero-order chi connectivity index (χ0) is 19.4. The first kappa shape index (κ1) is 19.3. The molecule has 1 aliphatic rings. The summed E-state index contributed by atoms with van der Waals surface area (Å²) in [6.45, 7) is 2.55. The van der Waals surface area contributed by atoms with E-state index in [1.807, 2.05) is 25.1 Å². The van der Waals surface area contributed by atoms with Crippen LogP contribution in [0.5, 0.6) is 5.75 Å². The molecule has 0 spiro atoms. The smallest absolute Gasteiger partial charge is 0.244 e. The van der Waals surface area contributed by atoms with E-state index in [9.17, 15) is 13.2 Å². The van der Waals surface area contributed by atoms with E-state index < -0.39 is 10.0 Å². The minimum atomic E-state index is -3.57. The van der Waals surface area contributed by atoms with Crippen LogP contribution in [0.3, 0.4) is 0 Å². The van der Waals surface area contributed by atoms with Gasteiger partial charge in [-0.3, -0.25) is 9.78 Å². The van der Waals surface area contributed by atoms with Crippen molar-refractivity contribution in [3.8, 4) is 5.75 Å². The Balaban J connectivity index is 1.64. The van der Waals surface area contributed by atoms with Crippen LogP contribution in [0.15, 0.2) is 47.6 Å². The molecule has 0 radical (unpaired) electrons. The molecular formula is C19H23N3O4S. The molecule has 1 fully saturated rings. The number of carbonyl (C=O) groups is 1. The van der Waals surface area contributed by atoms with Gasteiger partial charge in [0.25, 0.3) is 0 Å². The van der Waals surface area contributed by atoms with Gasteiger partial charge in [-0.15, -0.1) is 0 Å². The van der Waals surface area contributed by atoms with Crippen molar-refractivity contribution in [3.05, 3.63) is 48.3 Å². The van der Waals surface area contributed by atoms with Gasteiger partial charge in [0.05, 0.1) is 12.8 Å². The number of rotatable bonds is 5. The number of carbonyl (C=O) groups excluding carboxylic acids is 1. The SMILES string of the molecule is COc1ccc(C)cc1NC(=O)C1CCN(S(=O)(=O)c2cccnc2)CC1. The zero-order valence-electron chi connectivity index (χ0n) is 15.4. The maximum atomic E-state index is 12.6. The molecule has 0 unspecified atom stereocenters. The van der Waals surface area contributed by atoms with Gasteiger partial charge in [0.1, 0.15) is 10.6 Å². The molecule has 144 valence electrons. The molecule has 0 bridgehead atoms. The number of methoxy groups -OCH3 is 1. The third-order valence-corrected chi connectivity index (χ3v) is 6.59. The maximum absolute atomic E-state index is 12.6. The number of aromatic nitrogens is 1. The number of sulfonamides is 1. The summed E-state index contributed by atoms with van der Waals surface area (Å²) in [5, 5.41) is 2.92. The van der Waals surface area contributed by atoms with Crippen molar-refractivity contribution in [2.24, 2.45) is 5.92 Å². The minimum absolute atomic E-state index is 0.114. The summed E-state index contributed by atoms with van der Waals surface area (Å²) in [5.74, 6) is 0.249. The average molecular weight is 389 g/mol. The van der Waals surface area contributed by atoms with E-state index >= 15 is 0 Å². The van der Waals surface area contributed by atoms with Gasteiger partial charge < -0.3 is 10.1 Å². The molecule has 0 saturated carbocycles. The van der Waals surface area contributed by atoms with E-state index in [1.54, 1.807) is 13.2 Å². The van der Waals surface area contributed by atoms with Crippen LogP contribution in [0.4, 0.5) is 5.69 Å². The maximum Gasteiger partial charge on any atom is 0.244 e. The van der Waals surface area contributed by atoms with Gasteiger partial charge in [0.15, 0.2) is 0 Å². The fourth-order valence-electron chi connectivity index (χ4n) is 3.16. The highest BCUT2D eigenvalue weighted by Gasteiger charge is 2.32. The minimum Gasteiger partial charge on any atom is -0.495 e. The van der Waals surface area contributed by atoms with Crippen molar-refractivity contribution in [2.75, 3.05) is 25.5 Å². The summed E-state index contributed by atoms with van der Waals surface area (Å²) in [5.41, 5.74) is 1.65. The number of ether oxygens (including phenoxy) is 1. The van der Waals surface area contributed by atoms with Crippen LogP contribution >= 0.6 is 0 Å². The van der Waals surface area contributed by atoms with E-state index in [4.69, 9.17) is 4.74 Å². The molecule has 0 atom stereocenters. The Labute approximate surface area is 159 Å². The molecule has 1 amide bonds. The molecule has 7 nitrogen and oxygen atoms in total. The number of piperidine rings is 1. The van der Waals surface area contributed by atoms with Crippen molar-refractivity contribution in [1.29, 1.82) is 0 Å². The lowest BCUT2D eigenvalue weighted by Gasteiger charge is -2.30. The van der Waals surface area contributed by atoms with Gasteiger partial charge in [0, 0.05) is 31.4 Å². The topological polar surface area (TPSA) is 88.6 Å². The number of nitrogens with one attached hydrogen (secondary N) is 1. The first-order valence-corrected chi connectivity index (χ1v) is 10.2. The lowest BCUT2D eigenvalue weighted by Crippen LogP contribution is -2.41. The van der Waals surface area contributed by atoms with Gasteiger partial charge in [-0.05, 0) is 49.6 Å². The second-order valence-corrected chi connectivity index (χ2v) is 8.50. The van der Waals surface area contributed by atoms with Crippen molar-refractivity contribution < 1.29 is 17.9 Å². The van der Waals surface area contributed by atoms with Crippen LogP contribution in [-0.4, -0.2) is 43.8 Å². The van der Waals surface area contributed by atoms with Gasteiger partial charge in [-0.1, -0.05) is 6.07 Å². The van der Waals surface area contributed by atoms with Crippen molar-refractivity contribution >= 4 is 21.6 Å². The molecule has 2 aromatic rings. The second kappa shape index (κ2) is 8.06. The fourth-order valence-corrected chi connectivity index (χ4v) is 4.60. The van der Waals surface area contributed by atoms with E-state index in [-0.39, 0.29) is 16.7 Å². The van der Waals surface area contributed by atoms with Crippen molar-refractivity contribution in [1.82, 2.24) is 9.29 Å². The van der Waals surface area contributed by atoms with Crippen molar-refractivity contribution in [2.45, 2.75) is 24.7 Å². The number of nitrogens with zero attached hydrogens (tertiary/aromatic N) is 2. The molecule has 27 heavy (non-hydrogen) atoms. The highest BCUT2D eigenvalue weighted by atomic mass is 32.2. The Morgan fingerprint density at radius 3 is 2.63 bits per heavy atom. The second-order valence-electron chi connectivity index (χ2n) is 6.56. The average Bonchev–Trinajstić information content (AvgIpc) is 2.69. The molecule has 1 N–H and O–H groups in total. The summed E-state index contributed by atoms with van der Waals surface area (Å²) in [6.07, 6.45) is 3.83. The first-order chi connectivity index (χ1) is 12.9. The van der Waals surface area contributed by atoms with E-state index in [0.717, 1.165) is 5.56 Å². The number of hydrogen-bond acceptors (Lipinski definition) is 5. The molecule has 1 aromatic heterocycles. The fraction of sp³-hybridized carbons (Fsp3) is 0.368. The molecule has 1 aromatic carbocycles. The molecule has 3 rings (SSSR count). The number of amides is 1. The lowest BCUT2D eigenvalue weighted by atomic mass is 9.97. The molecule has 1 aliphatic heterocycles. The lowest BCUT2D eigenvalue weighted by molar-refractivity contribution is -0.120. The molecule has 8 heteroatoms. The summed E-state index contributed by atoms with van der Waals surface area (Å²) in [7, 11) is -2.01. The normalized spacial score (nSPS) is 16.1. The number of benzene rings is 1. The van der Waals surface area contributed by atoms with E-state index in [1.165, 1.54) is 22.8 Å². The summed E-state index contributed by atoms with van der Waals surface area (Å²) in [4.78, 5) is 16.7. The quantitative estimate of drug-likeness (QED) is 0.848. The Morgan fingerprint density at radius 1 is 1.26 bits per heavy atom. The first-order valence-electron chi connectivity index (χ1n) is 8.77. The highest BCUT2D eigenvalue weighted by molar-refractivity contribution is 7.89. The third-order valence-electron chi connectivity index (χ3n) is 4.71. The van der Waals surface area contributed by atoms with Gasteiger partial charge in [-0.25, -0.2) is 8.42 Å². The Hall–Kier alpha value is -2.45. The number of aryl methyl sites for hydroxylation is 1. The van der Waals surface area contributed by atoms with Crippen LogP contribution < -0.4 is 10.1 Å². The predicted molar refractivity (Wildman–Crippen MR) is 102 cm³/mol. The van der Waals surface area contributed by atoms with E-state index in [0.29, 0.717) is 37.4 Å². The molecule has 0 aliphatic carbocycles. The van der Waals surface area contributed by atoms with Gasteiger partial charge in [-0.2, -0.15) is 4.31 Å². The van der Waals surface area contributed by atoms with Gasteiger partial charge >= 0.3 is 0 Å². The monoisotopic (exact) mass is 389 g/mol. The zero-order valence-corrected chi connectivity index (χ0v) is 16.2. The highest BCUT2D eigenvalue weighted by Crippen LogP contribution is 2.28. The largest absolute Gasteiger partial charge is 0.495 e.